The summed E-state index contributed by atoms with van der Waals surface area (Å²) in [5.41, 5.74) is 1.87. The van der Waals surface area contributed by atoms with Crippen LogP contribution in [0.25, 0.3) is 5.65 Å². The number of phenols is 1. The second-order valence-electron chi connectivity index (χ2n) is 6.42. The third-order valence-corrected chi connectivity index (χ3v) is 4.53. The Labute approximate surface area is 149 Å². The second-order valence-corrected chi connectivity index (χ2v) is 6.42. The molecule has 0 radical (unpaired) electrons. The average Bonchev–Trinajstić information content (AvgIpc) is 3.25. The molecule has 7 nitrogen and oxygen atoms in total. The fourth-order valence-electron chi connectivity index (χ4n) is 3.25. The van der Waals surface area contributed by atoms with Crippen molar-refractivity contribution in [3.63, 3.8) is 0 Å². The van der Waals surface area contributed by atoms with Crippen molar-refractivity contribution in [3.8, 4) is 5.75 Å². The van der Waals surface area contributed by atoms with Gasteiger partial charge in [0.25, 0.3) is 5.91 Å². The number of halogens is 1. The van der Waals surface area contributed by atoms with Crippen LogP contribution in [0.5, 0.6) is 5.75 Å². The highest BCUT2D eigenvalue weighted by atomic mass is 19.1. The van der Waals surface area contributed by atoms with Gasteiger partial charge in [-0.3, -0.25) is 9.69 Å². The first-order chi connectivity index (χ1) is 12.6. The van der Waals surface area contributed by atoms with E-state index in [1.165, 1.54) is 22.8 Å². The lowest BCUT2D eigenvalue weighted by molar-refractivity contribution is 0.0930. The summed E-state index contributed by atoms with van der Waals surface area (Å²) in [6.07, 6.45) is 3.95. The molecule has 8 heteroatoms. The molecule has 4 rings (SSSR count). The highest BCUT2D eigenvalue weighted by Gasteiger charge is 2.25. The van der Waals surface area contributed by atoms with Gasteiger partial charge in [0, 0.05) is 31.9 Å². The van der Waals surface area contributed by atoms with Crippen molar-refractivity contribution >= 4 is 11.6 Å². The smallest absolute Gasteiger partial charge is 0.271 e. The van der Waals surface area contributed by atoms with Gasteiger partial charge in [0.15, 0.2) is 17.2 Å². The van der Waals surface area contributed by atoms with Crippen LogP contribution >= 0.6 is 0 Å². The Balaban J connectivity index is 1.38. The lowest BCUT2D eigenvalue weighted by Gasteiger charge is -2.17. The van der Waals surface area contributed by atoms with Crippen molar-refractivity contribution in [2.24, 2.45) is 0 Å². The minimum atomic E-state index is -0.623. The molecule has 0 bridgehead atoms. The van der Waals surface area contributed by atoms with E-state index < -0.39 is 5.82 Å². The number of hydrogen-bond donors (Lipinski definition) is 2. The third-order valence-electron chi connectivity index (χ3n) is 4.53. The molecule has 134 valence electrons. The van der Waals surface area contributed by atoms with Crippen molar-refractivity contribution in [1.82, 2.24) is 24.8 Å². The van der Waals surface area contributed by atoms with E-state index in [0.29, 0.717) is 24.4 Å². The van der Waals surface area contributed by atoms with Gasteiger partial charge in [-0.05, 0) is 36.2 Å². The van der Waals surface area contributed by atoms with Gasteiger partial charge in [0.1, 0.15) is 5.69 Å². The average molecular weight is 355 g/mol. The molecule has 0 aliphatic carbocycles. The predicted molar refractivity (Wildman–Crippen MR) is 92.2 cm³/mol. The summed E-state index contributed by atoms with van der Waals surface area (Å²) < 4.78 is 14.7. The summed E-state index contributed by atoms with van der Waals surface area (Å²) >= 11 is 0. The van der Waals surface area contributed by atoms with Crippen LogP contribution in [-0.4, -0.2) is 49.6 Å². The Morgan fingerprint density at radius 2 is 2.27 bits per heavy atom. The Morgan fingerprint density at radius 3 is 3.12 bits per heavy atom. The molecular formula is C18H18FN5O2. The SMILES string of the molecule is O=C(N[C@H]1CCN(Cc2ccc(F)c(O)c2)C1)c1cnc2cccnn12. The van der Waals surface area contributed by atoms with E-state index in [-0.39, 0.29) is 17.7 Å². The largest absolute Gasteiger partial charge is 0.505 e. The number of amides is 1. The molecule has 26 heavy (non-hydrogen) atoms. The fourth-order valence-corrected chi connectivity index (χ4v) is 3.25. The van der Waals surface area contributed by atoms with Gasteiger partial charge in [0.2, 0.25) is 0 Å². The second kappa shape index (κ2) is 6.72. The highest BCUT2D eigenvalue weighted by Crippen LogP contribution is 2.20. The van der Waals surface area contributed by atoms with Crippen molar-refractivity contribution in [2.45, 2.75) is 19.0 Å². The fraction of sp³-hybridized carbons (Fsp3) is 0.278. The lowest BCUT2D eigenvalue weighted by atomic mass is 10.2. The molecule has 0 spiro atoms. The monoisotopic (exact) mass is 355 g/mol. The molecule has 1 fully saturated rings. The summed E-state index contributed by atoms with van der Waals surface area (Å²) in [5.74, 6) is -1.17. The van der Waals surface area contributed by atoms with E-state index in [1.54, 1.807) is 24.4 Å². The number of hydrogen-bond acceptors (Lipinski definition) is 5. The lowest BCUT2D eigenvalue weighted by Crippen LogP contribution is -2.37. The van der Waals surface area contributed by atoms with Gasteiger partial charge in [-0.15, -0.1) is 0 Å². The maximum atomic E-state index is 13.1. The molecule has 1 aromatic carbocycles. The number of phenolic OH excluding ortho intramolecular Hbond substituents is 1. The zero-order valence-electron chi connectivity index (χ0n) is 14.0. The zero-order chi connectivity index (χ0) is 18.1. The molecule has 1 aliphatic rings. The minimum Gasteiger partial charge on any atom is -0.505 e. The number of nitrogens with zero attached hydrogens (tertiary/aromatic N) is 4. The van der Waals surface area contributed by atoms with Crippen LogP contribution in [0.3, 0.4) is 0 Å². The Hall–Kier alpha value is -3.00. The van der Waals surface area contributed by atoms with E-state index in [9.17, 15) is 14.3 Å². The first kappa shape index (κ1) is 16.5. The number of carbonyl (C=O) groups excluding carboxylic acids is 1. The summed E-state index contributed by atoms with van der Waals surface area (Å²) in [4.78, 5) is 18.9. The normalized spacial score (nSPS) is 17.7. The number of aromatic hydroxyl groups is 1. The van der Waals surface area contributed by atoms with Gasteiger partial charge in [0.05, 0.1) is 6.20 Å². The molecule has 1 aliphatic heterocycles. The van der Waals surface area contributed by atoms with Crippen molar-refractivity contribution in [1.29, 1.82) is 0 Å². The van der Waals surface area contributed by atoms with Gasteiger partial charge in [-0.2, -0.15) is 5.10 Å². The summed E-state index contributed by atoms with van der Waals surface area (Å²) in [5, 5.41) is 16.6. The van der Waals surface area contributed by atoms with E-state index in [4.69, 9.17) is 0 Å². The summed E-state index contributed by atoms with van der Waals surface area (Å²) in [6, 6.07) is 7.94. The van der Waals surface area contributed by atoms with Crippen LogP contribution < -0.4 is 5.32 Å². The maximum Gasteiger partial charge on any atom is 0.271 e. The van der Waals surface area contributed by atoms with Crippen LogP contribution in [0.4, 0.5) is 4.39 Å². The number of carbonyl (C=O) groups is 1. The standard InChI is InChI=1S/C18H18FN5O2/c19-14-4-3-12(8-16(14)25)10-23-7-5-13(11-23)22-18(26)15-9-20-17-2-1-6-21-24(15)17/h1-4,6,8-9,13,25H,5,7,10-11H2,(H,22,26)/t13-/m0/s1. The van der Waals surface area contributed by atoms with Crippen LogP contribution in [0, 0.1) is 5.82 Å². The van der Waals surface area contributed by atoms with E-state index in [2.05, 4.69) is 20.3 Å². The predicted octanol–water partition coefficient (Wildman–Crippen LogP) is 1.58. The molecular weight excluding hydrogens is 337 g/mol. The van der Waals surface area contributed by atoms with Crippen LogP contribution in [0.15, 0.2) is 42.7 Å². The number of benzene rings is 1. The van der Waals surface area contributed by atoms with Crippen LogP contribution in [0.1, 0.15) is 22.5 Å². The Morgan fingerprint density at radius 1 is 1.38 bits per heavy atom. The number of likely N-dealkylation sites (tertiary alicyclic amines) is 1. The molecule has 1 atom stereocenters. The molecule has 3 heterocycles. The minimum absolute atomic E-state index is 0.0193. The highest BCUT2D eigenvalue weighted by molar-refractivity contribution is 5.93. The van der Waals surface area contributed by atoms with Crippen LogP contribution in [-0.2, 0) is 6.54 Å². The molecule has 1 saturated heterocycles. The Kier molecular flexibility index (Phi) is 4.26. The van der Waals surface area contributed by atoms with Gasteiger partial charge in [-0.1, -0.05) is 6.07 Å². The first-order valence-electron chi connectivity index (χ1n) is 8.39. The van der Waals surface area contributed by atoms with Crippen LogP contribution in [0.2, 0.25) is 0 Å². The van der Waals surface area contributed by atoms with Gasteiger partial charge in [-0.25, -0.2) is 13.9 Å². The third kappa shape index (κ3) is 3.23. The molecule has 2 aromatic heterocycles. The van der Waals surface area contributed by atoms with Gasteiger partial charge >= 0.3 is 0 Å². The molecule has 3 aromatic rings. The number of aromatic nitrogens is 3. The Bertz CT molecular complexity index is 958. The van der Waals surface area contributed by atoms with E-state index >= 15 is 0 Å². The molecule has 0 saturated carbocycles. The number of nitrogens with one attached hydrogen (secondary N) is 1. The molecule has 1 amide bonds. The maximum absolute atomic E-state index is 13.1. The topological polar surface area (TPSA) is 82.8 Å². The summed E-state index contributed by atoms with van der Waals surface area (Å²) in [6.45, 7) is 2.10. The molecule has 2 N–H and O–H groups in total. The number of rotatable bonds is 4. The van der Waals surface area contributed by atoms with Gasteiger partial charge < -0.3 is 10.4 Å². The first-order valence-corrected chi connectivity index (χ1v) is 8.39. The van der Waals surface area contributed by atoms with E-state index in [1.807, 2.05) is 0 Å². The number of fused-ring (bicyclic) bond motifs is 1. The van der Waals surface area contributed by atoms with Crippen molar-refractivity contribution in [2.75, 3.05) is 13.1 Å². The van der Waals surface area contributed by atoms with Crippen molar-refractivity contribution in [3.05, 3.63) is 59.8 Å². The quantitative estimate of drug-likeness (QED) is 0.742. The summed E-state index contributed by atoms with van der Waals surface area (Å²) in [7, 11) is 0. The van der Waals surface area contributed by atoms with Crippen molar-refractivity contribution < 1.29 is 14.3 Å². The zero-order valence-corrected chi connectivity index (χ0v) is 14.0. The van der Waals surface area contributed by atoms with E-state index in [0.717, 1.165) is 18.5 Å². The molecule has 0 unspecified atom stereocenters. The number of imidazole rings is 1.